The van der Waals surface area contributed by atoms with E-state index >= 15 is 0 Å². The molecule has 2 nitrogen and oxygen atoms in total. The van der Waals surface area contributed by atoms with E-state index in [1.165, 1.54) is 42.4 Å². The van der Waals surface area contributed by atoms with Crippen molar-refractivity contribution < 1.29 is 0 Å². The first kappa shape index (κ1) is 20.6. The molecule has 0 bridgehead atoms. The zero-order valence-electron chi connectivity index (χ0n) is 17.1. The van der Waals surface area contributed by atoms with E-state index in [2.05, 4.69) is 56.6 Å². The van der Waals surface area contributed by atoms with Crippen molar-refractivity contribution in [1.82, 2.24) is 0 Å². The largest absolute Gasteiger partial charge is 0.327 e. The first-order valence-electron chi connectivity index (χ1n) is 10.1. The molecule has 0 aromatic carbocycles. The van der Waals surface area contributed by atoms with Gasteiger partial charge in [0.15, 0.2) is 0 Å². The summed E-state index contributed by atoms with van der Waals surface area (Å²) in [6.45, 7) is 14.3. The maximum atomic E-state index is 6.06. The van der Waals surface area contributed by atoms with Gasteiger partial charge in [0, 0.05) is 24.7 Å². The zero-order chi connectivity index (χ0) is 19.2. The van der Waals surface area contributed by atoms with Crippen molar-refractivity contribution in [3.8, 4) is 0 Å². The summed E-state index contributed by atoms with van der Waals surface area (Å²) in [5, 5.41) is 0. The lowest BCUT2D eigenvalue weighted by molar-refractivity contribution is 0.300. The molecule has 2 aliphatic rings. The van der Waals surface area contributed by atoms with Crippen LogP contribution in [-0.4, -0.2) is 19.3 Å². The van der Waals surface area contributed by atoms with Gasteiger partial charge in [-0.05, 0) is 42.4 Å². The lowest BCUT2D eigenvalue weighted by Crippen LogP contribution is -2.19. The fraction of sp³-hybridized carbons (Fsp3) is 0.542. The molecular weight excluding hydrogens is 316 g/mol. The molecule has 0 unspecified atom stereocenters. The number of hydrogen-bond acceptors (Lipinski definition) is 2. The van der Waals surface area contributed by atoms with Gasteiger partial charge in [-0.25, -0.2) is 0 Å². The molecule has 0 amide bonds. The summed E-state index contributed by atoms with van der Waals surface area (Å²) in [5.74, 6) is 0.844. The van der Waals surface area contributed by atoms with E-state index in [4.69, 9.17) is 5.73 Å². The molecule has 1 fully saturated rings. The second kappa shape index (κ2) is 9.32. The number of rotatable bonds is 8. The Morgan fingerprint density at radius 3 is 2.62 bits per heavy atom. The summed E-state index contributed by atoms with van der Waals surface area (Å²) in [7, 11) is 0. The second-order valence-corrected chi connectivity index (χ2v) is 8.40. The van der Waals surface area contributed by atoms with Gasteiger partial charge in [-0.2, -0.15) is 0 Å². The molecule has 2 rings (SSSR count). The lowest BCUT2D eigenvalue weighted by Gasteiger charge is -2.32. The smallest absolute Gasteiger partial charge is 0.0386 e. The molecule has 0 aromatic rings. The summed E-state index contributed by atoms with van der Waals surface area (Å²) >= 11 is 0. The maximum Gasteiger partial charge on any atom is 0.0386 e. The zero-order valence-corrected chi connectivity index (χ0v) is 17.1. The van der Waals surface area contributed by atoms with E-state index < -0.39 is 0 Å². The van der Waals surface area contributed by atoms with Crippen LogP contribution in [-0.2, 0) is 0 Å². The molecule has 2 N–H and O–H groups in total. The normalized spacial score (nSPS) is 21.0. The monoisotopic (exact) mass is 352 g/mol. The molecule has 26 heavy (non-hydrogen) atoms. The molecule has 2 aliphatic carbocycles. The number of nitrogens with zero attached hydrogens (tertiary/aromatic N) is 1. The van der Waals surface area contributed by atoms with E-state index in [9.17, 15) is 0 Å². The van der Waals surface area contributed by atoms with Crippen LogP contribution in [0.1, 0.15) is 59.8 Å². The Kier molecular flexibility index (Phi) is 7.40. The van der Waals surface area contributed by atoms with E-state index in [0.717, 1.165) is 30.0 Å². The summed E-state index contributed by atoms with van der Waals surface area (Å²) in [6.07, 6.45) is 17.5. The molecule has 0 atom stereocenters. The van der Waals surface area contributed by atoms with Crippen LogP contribution in [0.5, 0.6) is 0 Å². The van der Waals surface area contributed by atoms with Crippen LogP contribution in [0.3, 0.4) is 0 Å². The molecule has 0 heterocycles. The second-order valence-electron chi connectivity index (χ2n) is 8.40. The standard InChI is InChI=1S/C24H36N2/c1-6-10-26-17-22(11-18(2)3)21-12-20(16-25)15-24(4,5)23(14-21)13-19-8-7-9-19/h11-12,14-15,17,19H,2,6-10,13,16,25H2,1,3-5H3/b22-11+,26-17-. The van der Waals surface area contributed by atoms with Crippen LogP contribution in [0.4, 0.5) is 0 Å². The fourth-order valence-corrected chi connectivity index (χ4v) is 3.58. The predicted molar refractivity (Wildman–Crippen MR) is 116 cm³/mol. The average molecular weight is 353 g/mol. The SMILES string of the molecule is C=C(C)/C=C(\C=N/CCC)C1=CC(CN)=CC(C)(C)C(CC2CCC2)=C1. The van der Waals surface area contributed by atoms with Gasteiger partial charge in [0.1, 0.15) is 0 Å². The molecule has 0 radical (unpaired) electrons. The highest BCUT2D eigenvalue weighted by Gasteiger charge is 2.28. The van der Waals surface area contributed by atoms with Crippen LogP contribution >= 0.6 is 0 Å². The number of aliphatic imine (C=N–C) groups is 1. The molecular formula is C24H36N2. The summed E-state index contributed by atoms with van der Waals surface area (Å²) in [6, 6.07) is 0. The highest BCUT2D eigenvalue weighted by Crippen LogP contribution is 2.42. The van der Waals surface area contributed by atoms with Gasteiger partial charge >= 0.3 is 0 Å². The number of hydrogen-bond donors (Lipinski definition) is 1. The number of nitrogens with two attached hydrogens (primary N) is 1. The van der Waals surface area contributed by atoms with E-state index in [-0.39, 0.29) is 5.41 Å². The Hall–Kier alpha value is -1.67. The minimum atomic E-state index is 0.0391. The summed E-state index contributed by atoms with van der Waals surface area (Å²) in [4.78, 5) is 4.59. The fourth-order valence-electron chi connectivity index (χ4n) is 3.58. The third-order valence-electron chi connectivity index (χ3n) is 5.33. The third kappa shape index (κ3) is 5.67. The number of allylic oxidation sites excluding steroid dienone is 7. The van der Waals surface area contributed by atoms with Crippen molar-refractivity contribution in [3.63, 3.8) is 0 Å². The minimum Gasteiger partial charge on any atom is -0.327 e. The van der Waals surface area contributed by atoms with Crippen molar-refractivity contribution in [1.29, 1.82) is 0 Å². The highest BCUT2D eigenvalue weighted by molar-refractivity contribution is 5.87. The molecule has 0 saturated heterocycles. The third-order valence-corrected chi connectivity index (χ3v) is 5.33. The Morgan fingerprint density at radius 2 is 2.08 bits per heavy atom. The van der Waals surface area contributed by atoms with Gasteiger partial charge in [0.2, 0.25) is 0 Å². The van der Waals surface area contributed by atoms with Crippen LogP contribution in [0.2, 0.25) is 0 Å². The van der Waals surface area contributed by atoms with Gasteiger partial charge in [0.25, 0.3) is 0 Å². The molecule has 0 aromatic heterocycles. The minimum absolute atomic E-state index is 0.0391. The first-order valence-corrected chi connectivity index (χ1v) is 10.1. The average Bonchev–Trinajstić information content (AvgIpc) is 2.65. The van der Waals surface area contributed by atoms with Gasteiger partial charge in [-0.1, -0.05) is 82.1 Å². The van der Waals surface area contributed by atoms with Gasteiger partial charge in [-0.15, -0.1) is 0 Å². The predicted octanol–water partition coefficient (Wildman–Crippen LogP) is 5.94. The van der Waals surface area contributed by atoms with Crippen molar-refractivity contribution >= 4 is 6.21 Å². The quantitative estimate of drug-likeness (QED) is 0.426. The molecule has 142 valence electrons. The molecule has 1 saturated carbocycles. The van der Waals surface area contributed by atoms with Crippen LogP contribution in [0.25, 0.3) is 0 Å². The van der Waals surface area contributed by atoms with E-state index in [0.29, 0.717) is 6.54 Å². The molecule has 0 spiro atoms. The van der Waals surface area contributed by atoms with E-state index in [1.54, 1.807) is 0 Å². The van der Waals surface area contributed by atoms with Crippen LogP contribution < -0.4 is 5.73 Å². The van der Waals surface area contributed by atoms with Crippen molar-refractivity contribution in [2.45, 2.75) is 59.8 Å². The first-order chi connectivity index (χ1) is 12.4. The van der Waals surface area contributed by atoms with Gasteiger partial charge in [-0.3, -0.25) is 4.99 Å². The van der Waals surface area contributed by atoms with Crippen molar-refractivity contribution in [2.75, 3.05) is 13.1 Å². The van der Waals surface area contributed by atoms with Crippen LogP contribution in [0.15, 0.2) is 63.7 Å². The molecule has 0 aliphatic heterocycles. The Bertz CT molecular complexity index is 664. The summed E-state index contributed by atoms with van der Waals surface area (Å²) < 4.78 is 0. The lowest BCUT2D eigenvalue weighted by atomic mass is 9.73. The van der Waals surface area contributed by atoms with Gasteiger partial charge < -0.3 is 5.73 Å². The van der Waals surface area contributed by atoms with Crippen LogP contribution in [0, 0.1) is 11.3 Å². The molecule has 2 heteroatoms. The Morgan fingerprint density at radius 1 is 1.35 bits per heavy atom. The van der Waals surface area contributed by atoms with E-state index in [1.807, 2.05) is 13.1 Å². The maximum absolute atomic E-state index is 6.06. The topological polar surface area (TPSA) is 38.4 Å². The Labute approximate surface area is 160 Å². The van der Waals surface area contributed by atoms with Gasteiger partial charge in [0.05, 0.1) is 0 Å². The van der Waals surface area contributed by atoms with Crippen molar-refractivity contribution in [3.05, 3.63) is 58.7 Å². The van der Waals surface area contributed by atoms with Crippen molar-refractivity contribution in [2.24, 2.45) is 22.1 Å². The summed E-state index contributed by atoms with van der Waals surface area (Å²) in [5.41, 5.74) is 12.2. The Balaban J connectivity index is 2.45. The highest BCUT2D eigenvalue weighted by atomic mass is 14.7.